The Morgan fingerprint density at radius 2 is 1.86 bits per heavy atom. The van der Waals surface area contributed by atoms with Gasteiger partial charge in [0.2, 0.25) is 0 Å². The van der Waals surface area contributed by atoms with Gasteiger partial charge in [0.15, 0.2) is 0 Å². The summed E-state index contributed by atoms with van der Waals surface area (Å²) in [5, 5.41) is 7.33. The van der Waals surface area contributed by atoms with Gasteiger partial charge in [-0.05, 0) is 6.92 Å². The van der Waals surface area contributed by atoms with Crippen molar-refractivity contribution in [2.75, 3.05) is 6.54 Å². The summed E-state index contributed by atoms with van der Waals surface area (Å²) in [6, 6.07) is 0. The Morgan fingerprint density at radius 3 is 1.86 bits per heavy atom. The molecule has 0 fully saturated rings. The van der Waals surface area contributed by atoms with Crippen LogP contribution in [0.3, 0.4) is 0 Å². The topological polar surface area (TPSA) is 77.9 Å². The number of quaternary nitrogens is 1. The molecule has 0 aromatic heterocycles. The smallest absolute Gasteiger partial charge is 0.0719 e. The highest BCUT2D eigenvalue weighted by Gasteiger charge is 1.37. The Balaban J connectivity index is -0.0000000400. The second kappa shape index (κ2) is 51.0. The van der Waals surface area contributed by atoms with E-state index in [1.54, 1.807) is 0 Å². The minimum Gasteiger partial charge on any atom is -0.870 e. The Labute approximate surface area is 43.8 Å². The molecule has 0 spiro atoms. The molecule has 0 aliphatic heterocycles. The molecule has 0 atom stereocenters. The number of aliphatic hydroxyl groups is 1. The fourth-order valence-corrected chi connectivity index (χ4v) is 0. The van der Waals surface area contributed by atoms with Crippen LogP contribution in [0.15, 0.2) is 12.8 Å². The molecule has 3 nitrogen and oxygen atoms in total. The van der Waals surface area contributed by atoms with Gasteiger partial charge in [0, 0.05) is 0 Å². The van der Waals surface area contributed by atoms with E-state index in [1.165, 1.54) is 0 Å². The second-order valence-electron chi connectivity index (χ2n) is 0.683. The molecule has 0 bridgehead atoms. The summed E-state index contributed by atoms with van der Waals surface area (Å²) in [5.74, 6) is 0. The molecule has 0 aromatic carbocycles. The lowest BCUT2D eigenvalue weighted by Crippen LogP contribution is -2.48. The van der Waals surface area contributed by atoms with Gasteiger partial charge in [0.1, 0.15) is 0 Å². The fourth-order valence-electron chi connectivity index (χ4n) is 0. The van der Waals surface area contributed by atoms with Crippen LogP contribution in [0.25, 0.3) is 0 Å². The molecular weight excluding hydrogens is 94.0 g/mol. The normalized spacial score (nSPS) is 4.29. The zero-order valence-corrected chi connectivity index (χ0v) is 4.59. The van der Waals surface area contributed by atoms with Gasteiger partial charge in [0.25, 0.3) is 0 Å². The van der Waals surface area contributed by atoms with Gasteiger partial charge in [-0.3, -0.25) is 0 Å². The molecule has 0 rings (SSSR count). The summed E-state index contributed by atoms with van der Waals surface area (Å²) in [7, 11) is 0. The Kier molecular flexibility index (Phi) is 117. The quantitative estimate of drug-likeness (QED) is 0.419. The van der Waals surface area contributed by atoms with Gasteiger partial charge in [-0.15, -0.1) is 0 Å². The number of hydrogen-bond donors (Lipinski definition) is 2. The first-order valence-electron chi connectivity index (χ1n) is 1.87. The molecular formula is C4H13NO2. The molecule has 0 amide bonds. The zero-order chi connectivity index (χ0) is 5.41. The third kappa shape index (κ3) is 224. The van der Waals surface area contributed by atoms with Gasteiger partial charge < -0.3 is 16.3 Å². The molecule has 7 heavy (non-hydrogen) atoms. The van der Waals surface area contributed by atoms with Crippen LogP contribution in [0, 0.1) is 0 Å². The van der Waals surface area contributed by atoms with E-state index in [1.807, 2.05) is 6.92 Å². The molecule has 0 heterocycles. The first-order valence-corrected chi connectivity index (χ1v) is 1.87. The number of aliphatic hydroxyl groups excluding tert-OH is 1. The van der Waals surface area contributed by atoms with E-state index in [9.17, 15) is 0 Å². The first-order chi connectivity index (χ1) is 2.83. The van der Waals surface area contributed by atoms with Crippen LogP contribution in [-0.4, -0.2) is 17.1 Å². The highest BCUT2D eigenvalue weighted by atomic mass is 16.2. The van der Waals surface area contributed by atoms with Crippen molar-refractivity contribution in [1.82, 2.24) is 0 Å². The van der Waals surface area contributed by atoms with E-state index in [2.05, 4.69) is 12.3 Å². The SMILES string of the molecule is C=CO.CC[NH3+].[OH-]. The predicted molar refractivity (Wildman–Crippen MR) is 28.2 cm³/mol. The minimum absolute atomic E-state index is 0. The third-order valence-corrected chi connectivity index (χ3v) is 0. The molecule has 0 unspecified atom stereocenters. The van der Waals surface area contributed by atoms with Crippen molar-refractivity contribution in [2.45, 2.75) is 6.92 Å². The van der Waals surface area contributed by atoms with Crippen LogP contribution in [0.5, 0.6) is 0 Å². The van der Waals surface area contributed by atoms with Crippen LogP contribution in [0.1, 0.15) is 6.92 Å². The van der Waals surface area contributed by atoms with Crippen molar-refractivity contribution in [2.24, 2.45) is 0 Å². The van der Waals surface area contributed by atoms with E-state index in [4.69, 9.17) is 5.11 Å². The monoisotopic (exact) mass is 107 g/mol. The standard InChI is InChI=1S/C2H7N.C2H4O.H2O/c2*1-2-3;/h2-3H2,1H3;2-3H,1H2;1H2. The molecule has 0 saturated heterocycles. The van der Waals surface area contributed by atoms with E-state index in [-0.39, 0.29) is 5.48 Å². The summed E-state index contributed by atoms with van der Waals surface area (Å²) in [6.45, 7) is 5.93. The highest BCUT2D eigenvalue weighted by molar-refractivity contribution is 4.38. The van der Waals surface area contributed by atoms with Crippen molar-refractivity contribution in [1.29, 1.82) is 0 Å². The Hall–Kier alpha value is -0.540. The van der Waals surface area contributed by atoms with Crippen molar-refractivity contribution in [3.63, 3.8) is 0 Å². The maximum absolute atomic E-state index is 7.33. The van der Waals surface area contributed by atoms with Gasteiger partial charge in [-0.25, -0.2) is 0 Å². The summed E-state index contributed by atoms with van der Waals surface area (Å²) in [6.07, 6.45) is 0.750. The molecule has 0 saturated carbocycles. The zero-order valence-electron chi connectivity index (χ0n) is 4.59. The van der Waals surface area contributed by atoms with Gasteiger partial charge >= 0.3 is 0 Å². The van der Waals surface area contributed by atoms with Crippen molar-refractivity contribution in [3.05, 3.63) is 12.8 Å². The van der Waals surface area contributed by atoms with Gasteiger partial charge in [0.05, 0.1) is 12.8 Å². The summed E-state index contributed by atoms with van der Waals surface area (Å²) in [5.41, 5.74) is 3.49. The second-order valence-corrected chi connectivity index (χ2v) is 0.683. The summed E-state index contributed by atoms with van der Waals surface area (Å²) >= 11 is 0. The minimum atomic E-state index is 0. The highest BCUT2D eigenvalue weighted by Crippen LogP contribution is 1.26. The van der Waals surface area contributed by atoms with Crippen molar-refractivity contribution >= 4 is 0 Å². The van der Waals surface area contributed by atoms with E-state index < -0.39 is 0 Å². The van der Waals surface area contributed by atoms with E-state index >= 15 is 0 Å². The fraction of sp³-hybridized carbons (Fsp3) is 0.500. The van der Waals surface area contributed by atoms with Crippen LogP contribution >= 0.6 is 0 Å². The van der Waals surface area contributed by atoms with E-state index in [0.29, 0.717) is 0 Å². The predicted octanol–water partition coefficient (Wildman–Crippen LogP) is -0.241. The van der Waals surface area contributed by atoms with Crippen LogP contribution in [0.4, 0.5) is 0 Å². The lowest BCUT2D eigenvalue weighted by molar-refractivity contribution is -0.361. The van der Waals surface area contributed by atoms with Gasteiger partial charge in [-0.1, -0.05) is 6.58 Å². The molecule has 3 heteroatoms. The van der Waals surface area contributed by atoms with Crippen LogP contribution < -0.4 is 5.73 Å². The van der Waals surface area contributed by atoms with Crippen molar-refractivity contribution in [3.8, 4) is 0 Å². The average molecular weight is 107 g/mol. The first kappa shape index (κ1) is 16.1. The van der Waals surface area contributed by atoms with E-state index in [0.717, 1.165) is 12.8 Å². The van der Waals surface area contributed by atoms with Gasteiger partial charge in [-0.2, -0.15) is 0 Å². The van der Waals surface area contributed by atoms with Crippen LogP contribution in [-0.2, 0) is 0 Å². The molecule has 46 valence electrons. The van der Waals surface area contributed by atoms with Crippen LogP contribution in [0.2, 0.25) is 0 Å². The molecule has 0 radical (unpaired) electrons. The molecule has 0 aliphatic carbocycles. The Bertz CT molecular complexity index is 23.7. The average Bonchev–Trinajstić information content (AvgIpc) is 1.39. The maximum atomic E-state index is 7.33. The molecule has 0 aliphatic rings. The maximum Gasteiger partial charge on any atom is 0.0719 e. The summed E-state index contributed by atoms with van der Waals surface area (Å²) < 4.78 is 0. The number of rotatable bonds is 0. The molecule has 0 aromatic rings. The lowest BCUT2D eigenvalue weighted by atomic mass is 10.8. The summed E-state index contributed by atoms with van der Waals surface area (Å²) in [4.78, 5) is 0. The van der Waals surface area contributed by atoms with Crippen molar-refractivity contribution < 1.29 is 16.3 Å². The Morgan fingerprint density at radius 1 is 1.86 bits per heavy atom. The number of hydrogen-bond acceptors (Lipinski definition) is 2. The molecule has 5 N–H and O–H groups in total. The largest absolute Gasteiger partial charge is 0.870 e. The third-order valence-electron chi connectivity index (χ3n) is 0. The lowest BCUT2D eigenvalue weighted by Gasteiger charge is -1.49.